The van der Waals surface area contributed by atoms with Gasteiger partial charge in [-0.05, 0) is 6.92 Å². The average molecular weight is 144 g/mol. The summed E-state index contributed by atoms with van der Waals surface area (Å²) in [6, 6.07) is -0.581. The van der Waals surface area contributed by atoms with Crippen molar-refractivity contribution < 1.29 is 4.79 Å². The smallest absolute Gasteiger partial charge is 0.185 e. The second kappa shape index (κ2) is 3.84. The summed E-state index contributed by atoms with van der Waals surface area (Å²) in [5, 5.41) is 0. The van der Waals surface area contributed by atoms with Crippen molar-refractivity contribution in [1.29, 1.82) is 0 Å². The monoisotopic (exact) mass is 144 g/mol. The lowest BCUT2D eigenvalue weighted by Crippen LogP contribution is -2.33. The Labute approximate surface area is 59.3 Å². The van der Waals surface area contributed by atoms with E-state index in [2.05, 4.69) is 4.99 Å². The predicted molar refractivity (Wildman–Crippen MR) is 39.3 cm³/mol. The molecule has 0 radical (unpaired) electrons. The summed E-state index contributed by atoms with van der Waals surface area (Å²) in [5.41, 5.74) is 15.3. The Hall–Kier alpha value is -1.10. The molecule has 0 fully saturated rings. The summed E-state index contributed by atoms with van der Waals surface area (Å²) in [5.74, 6) is -0.165. The Balaban J connectivity index is 3.70. The highest BCUT2D eigenvalue weighted by Gasteiger charge is 2.05. The maximum absolute atomic E-state index is 10.5. The van der Waals surface area contributed by atoms with Crippen LogP contribution in [0, 0.1) is 0 Å². The van der Waals surface area contributed by atoms with Crippen LogP contribution in [0.15, 0.2) is 4.99 Å². The number of aliphatic imine (C=N–C) groups is 1. The molecule has 6 N–H and O–H groups in total. The van der Waals surface area contributed by atoms with Crippen LogP contribution < -0.4 is 17.2 Å². The summed E-state index contributed by atoms with van der Waals surface area (Å²) >= 11 is 0. The predicted octanol–water partition coefficient (Wildman–Crippen LogP) is -1.82. The third kappa shape index (κ3) is 3.85. The van der Waals surface area contributed by atoms with Gasteiger partial charge in [0.1, 0.15) is 5.78 Å². The fourth-order valence-electron chi connectivity index (χ4n) is 0.332. The van der Waals surface area contributed by atoms with Gasteiger partial charge in [-0.3, -0.25) is 9.79 Å². The first-order chi connectivity index (χ1) is 4.54. The summed E-state index contributed by atoms with van der Waals surface area (Å²) in [7, 11) is 0. The van der Waals surface area contributed by atoms with Crippen LogP contribution in [0.2, 0.25) is 0 Å². The van der Waals surface area contributed by atoms with E-state index >= 15 is 0 Å². The van der Waals surface area contributed by atoms with E-state index in [4.69, 9.17) is 17.2 Å². The SMILES string of the molecule is CC(=O)[C@H](N)CN=C(N)N. The highest BCUT2D eigenvalue weighted by atomic mass is 16.1. The van der Waals surface area contributed by atoms with E-state index in [1.807, 2.05) is 0 Å². The molecule has 5 nitrogen and oxygen atoms in total. The van der Waals surface area contributed by atoms with Crippen LogP contribution in [-0.2, 0) is 4.79 Å². The number of ketones is 1. The van der Waals surface area contributed by atoms with Crippen molar-refractivity contribution in [2.24, 2.45) is 22.2 Å². The topological polar surface area (TPSA) is 107 Å². The number of guanidine groups is 1. The molecule has 0 saturated carbocycles. The molecule has 0 aromatic rings. The minimum Gasteiger partial charge on any atom is -0.370 e. The maximum Gasteiger partial charge on any atom is 0.185 e. The first-order valence-corrected chi connectivity index (χ1v) is 2.85. The van der Waals surface area contributed by atoms with E-state index in [0.29, 0.717) is 0 Å². The molecule has 5 heteroatoms. The quantitative estimate of drug-likeness (QED) is 0.320. The van der Waals surface area contributed by atoms with E-state index in [0.717, 1.165) is 0 Å². The van der Waals surface area contributed by atoms with Crippen molar-refractivity contribution >= 4 is 11.7 Å². The van der Waals surface area contributed by atoms with E-state index in [-0.39, 0.29) is 18.3 Å². The van der Waals surface area contributed by atoms with Crippen LogP contribution in [0.25, 0.3) is 0 Å². The minimum absolute atomic E-state index is 0.0447. The maximum atomic E-state index is 10.5. The summed E-state index contributed by atoms with van der Waals surface area (Å²) < 4.78 is 0. The van der Waals surface area contributed by atoms with Gasteiger partial charge in [-0.1, -0.05) is 0 Å². The first-order valence-electron chi connectivity index (χ1n) is 2.85. The Morgan fingerprint density at radius 2 is 2.10 bits per heavy atom. The Morgan fingerprint density at radius 3 is 2.40 bits per heavy atom. The molecule has 58 valence electrons. The number of carbonyl (C=O) groups is 1. The third-order valence-electron chi connectivity index (χ3n) is 0.993. The van der Waals surface area contributed by atoms with Gasteiger partial charge in [0.2, 0.25) is 0 Å². The van der Waals surface area contributed by atoms with Gasteiger partial charge in [0.05, 0.1) is 12.6 Å². The molecule has 0 heterocycles. The molecule has 0 aromatic heterocycles. The zero-order valence-corrected chi connectivity index (χ0v) is 5.87. The molecule has 0 saturated heterocycles. The second-order valence-corrected chi connectivity index (χ2v) is 1.98. The summed E-state index contributed by atoms with van der Waals surface area (Å²) in [6.07, 6.45) is 0. The number of hydrogen-bond donors (Lipinski definition) is 3. The van der Waals surface area contributed by atoms with Crippen molar-refractivity contribution in [3.05, 3.63) is 0 Å². The zero-order valence-electron chi connectivity index (χ0n) is 5.87. The van der Waals surface area contributed by atoms with Gasteiger partial charge in [-0.15, -0.1) is 0 Å². The zero-order chi connectivity index (χ0) is 8.15. The average Bonchev–Trinajstić information content (AvgIpc) is 1.82. The van der Waals surface area contributed by atoms with Gasteiger partial charge in [-0.2, -0.15) is 0 Å². The van der Waals surface area contributed by atoms with Gasteiger partial charge in [0.15, 0.2) is 5.96 Å². The van der Waals surface area contributed by atoms with Crippen LogP contribution in [0.1, 0.15) is 6.92 Å². The van der Waals surface area contributed by atoms with Gasteiger partial charge in [-0.25, -0.2) is 0 Å². The number of nitrogens with zero attached hydrogens (tertiary/aromatic N) is 1. The van der Waals surface area contributed by atoms with Crippen molar-refractivity contribution in [2.75, 3.05) is 6.54 Å². The van der Waals surface area contributed by atoms with E-state index in [1.165, 1.54) is 6.92 Å². The summed E-state index contributed by atoms with van der Waals surface area (Å²) in [4.78, 5) is 14.1. The third-order valence-corrected chi connectivity index (χ3v) is 0.993. The van der Waals surface area contributed by atoms with Crippen LogP contribution in [0.5, 0.6) is 0 Å². The van der Waals surface area contributed by atoms with Crippen molar-refractivity contribution in [1.82, 2.24) is 0 Å². The molecule has 0 rings (SSSR count). The lowest BCUT2D eigenvalue weighted by Gasteiger charge is -2.01. The van der Waals surface area contributed by atoms with Gasteiger partial charge < -0.3 is 17.2 Å². The highest BCUT2D eigenvalue weighted by molar-refractivity contribution is 5.82. The number of rotatable bonds is 3. The lowest BCUT2D eigenvalue weighted by molar-refractivity contribution is -0.117. The molecule has 0 amide bonds. The standard InChI is InChI=1S/C5H12N4O/c1-3(10)4(6)2-9-5(7)8/h4H,2,6H2,1H3,(H4,7,8,9)/t4-/m1/s1. The van der Waals surface area contributed by atoms with Gasteiger partial charge >= 0.3 is 0 Å². The summed E-state index contributed by atoms with van der Waals surface area (Å²) in [6.45, 7) is 1.56. The van der Waals surface area contributed by atoms with Crippen LogP contribution in [-0.4, -0.2) is 24.3 Å². The molecule has 0 spiro atoms. The van der Waals surface area contributed by atoms with Crippen molar-refractivity contribution in [2.45, 2.75) is 13.0 Å². The van der Waals surface area contributed by atoms with Crippen molar-refractivity contribution in [3.8, 4) is 0 Å². The Morgan fingerprint density at radius 1 is 1.60 bits per heavy atom. The van der Waals surface area contributed by atoms with E-state index in [1.54, 1.807) is 0 Å². The molecule has 0 unspecified atom stereocenters. The molecule has 0 aliphatic carbocycles. The second-order valence-electron chi connectivity index (χ2n) is 1.98. The van der Waals surface area contributed by atoms with Gasteiger partial charge in [0.25, 0.3) is 0 Å². The molecule has 0 bridgehead atoms. The fraction of sp³-hybridized carbons (Fsp3) is 0.600. The largest absolute Gasteiger partial charge is 0.370 e. The minimum atomic E-state index is -0.581. The highest BCUT2D eigenvalue weighted by Crippen LogP contribution is 1.80. The number of nitrogens with two attached hydrogens (primary N) is 3. The van der Waals surface area contributed by atoms with Crippen LogP contribution in [0.3, 0.4) is 0 Å². The number of carbonyl (C=O) groups excluding carboxylic acids is 1. The molecular formula is C5H12N4O. The normalized spacial score (nSPS) is 12.2. The van der Waals surface area contributed by atoms with Crippen LogP contribution >= 0.6 is 0 Å². The molecule has 0 aromatic carbocycles. The first kappa shape index (κ1) is 8.90. The fourth-order valence-corrected chi connectivity index (χ4v) is 0.332. The number of hydrogen-bond acceptors (Lipinski definition) is 3. The number of Topliss-reactive ketones (excluding diaryl/α,β-unsaturated/α-hetero) is 1. The van der Waals surface area contributed by atoms with E-state index < -0.39 is 6.04 Å². The van der Waals surface area contributed by atoms with Crippen LogP contribution in [0.4, 0.5) is 0 Å². The van der Waals surface area contributed by atoms with E-state index in [9.17, 15) is 4.79 Å². The van der Waals surface area contributed by atoms with Crippen molar-refractivity contribution in [3.63, 3.8) is 0 Å². The van der Waals surface area contributed by atoms with Gasteiger partial charge in [0, 0.05) is 0 Å². The molecule has 10 heavy (non-hydrogen) atoms. The Bertz CT molecular complexity index is 150. The molecule has 0 aliphatic rings. The Kier molecular flexibility index (Phi) is 3.42. The molecular weight excluding hydrogens is 132 g/mol. The molecule has 0 aliphatic heterocycles. The lowest BCUT2D eigenvalue weighted by atomic mass is 10.2. The molecule has 1 atom stereocenters.